The molecule has 0 spiro atoms. The zero-order chi connectivity index (χ0) is 13.0. The molecule has 0 aromatic heterocycles. The molecule has 1 rings (SSSR count). The monoisotopic (exact) mass is 241 g/mol. The Morgan fingerprint density at radius 2 is 2.06 bits per heavy atom. The molecule has 1 heterocycles. The first-order valence-corrected chi connectivity index (χ1v) is 6.15. The minimum absolute atomic E-state index is 0.0237. The van der Waals surface area contributed by atoms with E-state index < -0.39 is 0 Å². The van der Waals surface area contributed by atoms with Gasteiger partial charge in [0.15, 0.2) is 0 Å². The fraction of sp³-hybridized carbons (Fsp3) is 0.833. The van der Waals surface area contributed by atoms with Crippen molar-refractivity contribution in [2.75, 3.05) is 33.7 Å². The maximum Gasteiger partial charge on any atom is 0.243 e. The third-order valence-electron chi connectivity index (χ3n) is 2.97. The van der Waals surface area contributed by atoms with E-state index in [0.29, 0.717) is 6.54 Å². The zero-order valence-corrected chi connectivity index (χ0v) is 11.2. The summed E-state index contributed by atoms with van der Waals surface area (Å²) in [6.45, 7) is 5.68. The fourth-order valence-corrected chi connectivity index (χ4v) is 2.15. The Bertz CT molecular complexity index is 289. The van der Waals surface area contributed by atoms with E-state index in [-0.39, 0.29) is 30.3 Å². The van der Waals surface area contributed by atoms with Crippen molar-refractivity contribution in [1.29, 1.82) is 0 Å². The molecule has 0 aromatic carbocycles. The van der Waals surface area contributed by atoms with Crippen molar-refractivity contribution < 1.29 is 9.59 Å². The summed E-state index contributed by atoms with van der Waals surface area (Å²) in [7, 11) is 4.01. The molecule has 1 saturated heterocycles. The Hall–Kier alpha value is -1.10. The SMILES string of the molecule is CC(C)C1C(=O)NCC(=O)N1CCCN(C)C. The number of piperazine rings is 1. The Morgan fingerprint density at radius 3 is 2.59 bits per heavy atom. The zero-order valence-electron chi connectivity index (χ0n) is 11.2. The molecule has 2 amide bonds. The Labute approximate surface area is 103 Å². The number of nitrogens with one attached hydrogen (secondary N) is 1. The lowest BCUT2D eigenvalue weighted by molar-refractivity contribution is -0.147. The van der Waals surface area contributed by atoms with Crippen molar-refractivity contribution in [3.8, 4) is 0 Å². The molecule has 5 heteroatoms. The number of hydrogen-bond donors (Lipinski definition) is 1. The summed E-state index contributed by atoms with van der Waals surface area (Å²) in [6.07, 6.45) is 0.898. The first-order valence-electron chi connectivity index (χ1n) is 6.15. The van der Waals surface area contributed by atoms with Crippen molar-refractivity contribution in [2.45, 2.75) is 26.3 Å². The lowest BCUT2D eigenvalue weighted by atomic mass is 9.99. The summed E-state index contributed by atoms with van der Waals surface area (Å²) in [4.78, 5) is 27.4. The van der Waals surface area contributed by atoms with Gasteiger partial charge in [0.1, 0.15) is 6.04 Å². The van der Waals surface area contributed by atoms with Crippen LogP contribution in [0.4, 0.5) is 0 Å². The van der Waals surface area contributed by atoms with E-state index >= 15 is 0 Å². The molecule has 98 valence electrons. The van der Waals surface area contributed by atoms with Crippen LogP contribution >= 0.6 is 0 Å². The van der Waals surface area contributed by atoms with Crippen molar-refractivity contribution in [3.63, 3.8) is 0 Å². The molecule has 1 unspecified atom stereocenters. The summed E-state index contributed by atoms with van der Waals surface area (Å²) in [5.74, 6) is 0.158. The maximum absolute atomic E-state index is 11.8. The average Bonchev–Trinajstić information content (AvgIpc) is 2.22. The van der Waals surface area contributed by atoms with Gasteiger partial charge in [0.2, 0.25) is 11.8 Å². The second-order valence-corrected chi connectivity index (χ2v) is 5.15. The molecular formula is C12H23N3O2. The van der Waals surface area contributed by atoms with Crippen LogP contribution in [0.5, 0.6) is 0 Å². The Morgan fingerprint density at radius 1 is 1.41 bits per heavy atom. The molecule has 0 saturated carbocycles. The summed E-state index contributed by atoms with van der Waals surface area (Å²) in [5, 5.41) is 2.65. The van der Waals surface area contributed by atoms with E-state index in [9.17, 15) is 9.59 Å². The predicted octanol–water partition coefficient (Wildman–Crippen LogP) is -0.0789. The van der Waals surface area contributed by atoms with Gasteiger partial charge in [0.25, 0.3) is 0 Å². The van der Waals surface area contributed by atoms with Crippen LogP contribution in [0, 0.1) is 5.92 Å². The standard InChI is InChI=1S/C12H23N3O2/c1-9(2)11-12(17)13-8-10(16)15(11)7-5-6-14(3)4/h9,11H,5-8H2,1-4H3,(H,13,17). The molecule has 1 atom stereocenters. The van der Waals surface area contributed by atoms with Gasteiger partial charge in [-0.3, -0.25) is 9.59 Å². The molecule has 5 nitrogen and oxygen atoms in total. The van der Waals surface area contributed by atoms with E-state index in [1.165, 1.54) is 0 Å². The molecule has 1 N–H and O–H groups in total. The highest BCUT2D eigenvalue weighted by atomic mass is 16.2. The summed E-state index contributed by atoms with van der Waals surface area (Å²) in [5.41, 5.74) is 0. The number of carbonyl (C=O) groups excluding carboxylic acids is 2. The number of rotatable bonds is 5. The molecule has 0 radical (unpaired) electrons. The number of amides is 2. The van der Waals surface area contributed by atoms with Crippen LogP contribution in [-0.2, 0) is 9.59 Å². The molecular weight excluding hydrogens is 218 g/mol. The van der Waals surface area contributed by atoms with Gasteiger partial charge in [-0.05, 0) is 33.0 Å². The second kappa shape index (κ2) is 6.00. The summed E-state index contributed by atoms with van der Waals surface area (Å²) < 4.78 is 0. The van der Waals surface area contributed by atoms with Gasteiger partial charge in [-0.15, -0.1) is 0 Å². The normalized spacial score (nSPS) is 21.3. The molecule has 0 aliphatic carbocycles. The van der Waals surface area contributed by atoms with Crippen molar-refractivity contribution in [2.24, 2.45) is 5.92 Å². The number of nitrogens with zero attached hydrogens (tertiary/aromatic N) is 2. The third-order valence-corrected chi connectivity index (χ3v) is 2.97. The predicted molar refractivity (Wildman–Crippen MR) is 66.5 cm³/mol. The van der Waals surface area contributed by atoms with Crippen molar-refractivity contribution >= 4 is 11.8 Å². The van der Waals surface area contributed by atoms with Gasteiger partial charge in [-0.2, -0.15) is 0 Å². The van der Waals surface area contributed by atoms with E-state index in [4.69, 9.17) is 0 Å². The molecule has 1 aliphatic rings. The third kappa shape index (κ3) is 3.70. The summed E-state index contributed by atoms with van der Waals surface area (Å²) in [6, 6.07) is -0.307. The van der Waals surface area contributed by atoms with E-state index in [0.717, 1.165) is 13.0 Å². The van der Waals surface area contributed by atoms with Gasteiger partial charge >= 0.3 is 0 Å². The smallest absolute Gasteiger partial charge is 0.243 e. The van der Waals surface area contributed by atoms with E-state index in [2.05, 4.69) is 10.2 Å². The fourth-order valence-electron chi connectivity index (χ4n) is 2.15. The van der Waals surface area contributed by atoms with Crippen LogP contribution < -0.4 is 5.32 Å². The van der Waals surface area contributed by atoms with Crippen LogP contribution in [0.2, 0.25) is 0 Å². The number of carbonyl (C=O) groups is 2. The highest BCUT2D eigenvalue weighted by Crippen LogP contribution is 2.15. The first kappa shape index (κ1) is 14.0. The van der Waals surface area contributed by atoms with Gasteiger partial charge < -0.3 is 15.1 Å². The average molecular weight is 241 g/mol. The quantitative estimate of drug-likeness (QED) is 0.732. The Kier molecular flexibility index (Phi) is 4.93. The molecule has 1 aliphatic heterocycles. The lowest BCUT2D eigenvalue weighted by Crippen LogP contribution is -2.60. The van der Waals surface area contributed by atoms with E-state index in [1.807, 2.05) is 27.9 Å². The Balaban J connectivity index is 2.62. The molecule has 17 heavy (non-hydrogen) atoms. The van der Waals surface area contributed by atoms with Gasteiger partial charge in [0.05, 0.1) is 6.54 Å². The highest BCUT2D eigenvalue weighted by Gasteiger charge is 2.35. The summed E-state index contributed by atoms with van der Waals surface area (Å²) >= 11 is 0. The lowest BCUT2D eigenvalue weighted by Gasteiger charge is -2.37. The van der Waals surface area contributed by atoms with Crippen LogP contribution in [0.15, 0.2) is 0 Å². The van der Waals surface area contributed by atoms with Gasteiger partial charge in [-0.25, -0.2) is 0 Å². The molecule has 0 bridgehead atoms. The minimum Gasteiger partial charge on any atom is -0.345 e. The van der Waals surface area contributed by atoms with Gasteiger partial charge in [-0.1, -0.05) is 13.8 Å². The van der Waals surface area contributed by atoms with Crippen LogP contribution in [-0.4, -0.2) is 61.4 Å². The largest absolute Gasteiger partial charge is 0.345 e. The minimum atomic E-state index is -0.307. The van der Waals surface area contributed by atoms with Crippen LogP contribution in [0.3, 0.4) is 0 Å². The van der Waals surface area contributed by atoms with Crippen molar-refractivity contribution in [1.82, 2.24) is 15.1 Å². The molecule has 1 fully saturated rings. The highest BCUT2D eigenvalue weighted by molar-refractivity contribution is 5.94. The van der Waals surface area contributed by atoms with Crippen LogP contribution in [0.1, 0.15) is 20.3 Å². The van der Waals surface area contributed by atoms with Crippen molar-refractivity contribution in [3.05, 3.63) is 0 Å². The second-order valence-electron chi connectivity index (χ2n) is 5.15. The first-order chi connectivity index (χ1) is 7.93. The van der Waals surface area contributed by atoms with Gasteiger partial charge in [0, 0.05) is 6.54 Å². The van der Waals surface area contributed by atoms with E-state index in [1.54, 1.807) is 4.90 Å². The maximum atomic E-state index is 11.8. The molecule has 0 aromatic rings. The van der Waals surface area contributed by atoms with Crippen LogP contribution in [0.25, 0.3) is 0 Å². The topological polar surface area (TPSA) is 52.7 Å². The number of hydrogen-bond acceptors (Lipinski definition) is 3.